The van der Waals surface area contributed by atoms with E-state index >= 15 is 0 Å². The Kier molecular flexibility index (Phi) is 5.93. The Labute approximate surface area is 147 Å². The number of halogens is 2. The van der Waals surface area contributed by atoms with Gasteiger partial charge < -0.3 is 10.4 Å². The lowest BCUT2D eigenvalue weighted by Crippen LogP contribution is -2.22. The molecule has 0 saturated heterocycles. The molecule has 0 aromatic heterocycles. The van der Waals surface area contributed by atoms with Crippen LogP contribution in [0.3, 0.4) is 0 Å². The predicted octanol–water partition coefficient (Wildman–Crippen LogP) is 4.81. The van der Waals surface area contributed by atoms with Crippen LogP contribution in [0.1, 0.15) is 17.3 Å². The average Bonchev–Trinajstić information content (AvgIpc) is 2.51. The average molecular weight is 370 g/mol. The van der Waals surface area contributed by atoms with Crippen molar-refractivity contribution < 1.29 is 14.7 Å². The summed E-state index contributed by atoms with van der Waals surface area (Å²) in [4.78, 5) is 24.2. The second-order valence-corrected chi connectivity index (χ2v) is 6.96. The van der Waals surface area contributed by atoms with Crippen LogP contribution in [0.25, 0.3) is 0 Å². The number of rotatable bonds is 5. The molecular formula is C16H13Cl2NO3S. The van der Waals surface area contributed by atoms with Crippen LogP contribution < -0.4 is 5.32 Å². The van der Waals surface area contributed by atoms with Crippen LogP contribution in [0.2, 0.25) is 10.0 Å². The van der Waals surface area contributed by atoms with Crippen LogP contribution in [-0.2, 0) is 4.79 Å². The van der Waals surface area contributed by atoms with E-state index in [9.17, 15) is 9.59 Å². The van der Waals surface area contributed by atoms with E-state index in [0.717, 1.165) is 4.90 Å². The number of hydrogen-bond donors (Lipinski definition) is 2. The molecule has 0 heterocycles. The number of carboxylic acid groups (broad SMARTS) is 1. The summed E-state index contributed by atoms with van der Waals surface area (Å²) in [7, 11) is 0. The van der Waals surface area contributed by atoms with Crippen molar-refractivity contribution in [2.45, 2.75) is 17.1 Å². The van der Waals surface area contributed by atoms with E-state index in [0.29, 0.717) is 10.7 Å². The topological polar surface area (TPSA) is 66.4 Å². The molecule has 2 aromatic carbocycles. The molecule has 1 amide bonds. The Hall–Kier alpha value is -1.69. The summed E-state index contributed by atoms with van der Waals surface area (Å²) in [6.07, 6.45) is 0. The van der Waals surface area contributed by atoms with Gasteiger partial charge in [0, 0.05) is 15.6 Å². The van der Waals surface area contributed by atoms with Gasteiger partial charge in [-0.1, -0.05) is 23.2 Å². The van der Waals surface area contributed by atoms with Gasteiger partial charge in [0.25, 0.3) is 0 Å². The number of carboxylic acids is 1. The third kappa shape index (κ3) is 4.89. The first kappa shape index (κ1) is 17.7. The number of hydrogen-bond acceptors (Lipinski definition) is 3. The molecule has 120 valence electrons. The SMILES string of the molecule is CC(Sc1ccc(Cl)cc1)C(=O)Nc1ccc(Cl)c(C(=O)O)c1. The first-order valence-electron chi connectivity index (χ1n) is 6.63. The van der Waals surface area contributed by atoms with Crippen LogP contribution in [0, 0.1) is 0 Å². The van der Waals surface area contributed by atoms with Gasteiger partial charge in [-0.25, -0.2) is 4.79 Å². The molecular weight excluding hydrogens is 357 g/mol. The first-order chi connectivity index (χ1) is 10.9. The smallest absolute Gasteiger partial charge is 0.337 e. The molecule has 0 aliphatic rings. The fourth-order valence-corrected chi connectivity index (χ4v) is 2.97. The number of nitrogens with one attached hydrogen (secondary N) is 1. The minimum absolute atomic E-state index is 0.0533. The highest BCUT2D eigenvalue weighted by Gasteiger charge is 2.16. The van der Waals surface area contributed by atoms with Crippen LogP contribution in [0.4, 0.5) is 5.69 Å². The molecule has 0 radical (unpaired) electrons. The predicted molar refractivity (Wildman–Crippen MR) is 93.8 cm³/mol. The van der Waals surface area contributed by atoms with E-state index in [-0.39, 0.29) is 21.7 Å². The van der Waals surface area contributed by atoms with Crippen molar-refractivity contribution in [3.63, 3.8) is 0 Å². The quantitative estimate of drug-likeness (QED) is 0.742. The Balaban J connectivity index is 2.04. The van der Waals surface area contributed by atoms with Crippen molar-refractivity contribution in [3.05, 3.63) is 58.1 Å². The molecule has 1 atom stereocenters. The third-order valence-electron chi connectivity index (χ3n) is 2.96. The molecule has 4 nitrogen and oxygen atoms in total. The minimum atomic E-state index is -1.14. The summed E-state index contributed by atoms with van der Waals surface area (Å²) >= 11 is 13.0. The zero-order valence-electron chi connectivity index (χ0n) is 12.0. The second kappa shape index (κ2) is 7.73. The van der Waals surface area contributed by atoms with Gasteiger partial charge in [-0.15, -0.1) is 11.8 Å². The summed E-state index contributed by atoms with van der Waals surface area (Å²) in [5.41, 5.74) is 0.336. The van der Waals surface area contributed by atoms with Crippen LogP contribution >= 0.6 is 35.0 Å². The monoisotopic (exact) mass is 369 g/mol. The lowest BCUT2D eigenvalue weighted by molar-refractivity contribution is -0.115. The molecule has 7 heteroatoms. The molecule has 23 heavy (non-hydrogen) atoms. The number of anilines is 1. The summed E-state index contributed by atoms with van der Waals surface area (Å²) in [5, 5.41) is 12.1. The number of benzene rings is 2. The zero-order chi connectivity index (χ0) is 17.0. The van der Waals surface area contributed by atoms with Gasteiger partial charge in [0.05, 0.1) is 15.8 Å². The standard InChI is InChI=1S/C16H13Cl2NO3S/c1-9(23-12-5-2-10(17)3-6-12)15(20)19-11-4-7-14(18)13(8-11)16(21)22/h2-9H,1H3,(H,19,20)(H,21,22). The maximum Gasteiger partial charge on any atom is 0.337 e. The third-order valence-corrected chi connectivity index (χ3v) is 4.65. The van der Waals surface area contributed by atoms with Gasteiger partial charge in [-0.05, 0) is 49.4 Å². The summed E-state index contributed by atoms with van der Waals surface area (Å²) in [6, 6.07) is 11.5. The second-order valence-electron chi connectivity index (χ2n) is 4.70. The van der Waals surface area contributed by atoms with E-state index in [1.54, 1.807) is 25.1 Å². The molecule has 0 fully saturated rings. The van der Waals surface area contributed by atoms with E-state index < -0.39 is 5.97 Å². The minimum Gasteiger partial charge on any atom is -0.478 e. The molecule has 0 aliphatic carbocycles. The Bertz CT molecular complexity index is 735. The lowest BCUT2D eigenvalue weighted by atomic mass is 10.2. The Morgan fingerprint density at radius 1 is 1.13 bits per heavy atom. The number of aromatic carboxylic acids is 1. The highest BCUT2D eigenvalue weighted by molar-refractivity contribution is 8.00. The normalized spacial score (nSPS) is 11.8. The molecule has 1 unspecified atom stereocenters. The van der Waals surface area contributed by atoms with Crippen molar-refractivity contribution >= 4 is 52.5 Å². The lowest BCUT2D eigenvalue weighted by Gasteiger charge is -2.13. The molecule has 0 saturated carbocycles. The van der Waals surface area contributed by atoms with E-state index in [1.807, 2.05) is 12.1 Å². The van der Waals surface area contributed by atoms with Crippen LogP contribution in [-0.4, -0.2) is 22.2 Å². The molecule has 2 rings (SSSR count). The first-order valence-corrected chi connectivity index (χ1v) is 8.26. The van der Waals surface area contributed by atoms with Crippen molar-refractivity contribution in [2.75, 3.05) is 5.32 Å². The van der Waals surface area contributed by atoms with E-state index in [4.69, 9.17) is 28.3 Å². The van der Waals surface area contributed by atoms with Gasteiger partial charge in [-0.2, -0.15) is 0 Å². The maximum atomic E-state index is 12.2. The van der Waals surface area contributed by atoms with Crippen LogP contribution in [0.5, 0.6) is 0 Å². The number of amides is 1. The summed E-state index contributed by atoms with van der Waals surface area (Å²) in [5.74, 6) is -1.38. The van der Waals surface area contributed by atoms with Crippen molar-refractivity contribution in [3.8, 4) is 0 Å². The van der Waals surface area contributed by atoms with E-state index in [1.165, 1.54) is 23.9 Å². The molecule has 0 spiro atoms. The fraction of sp³-hybridized carbons (Fsp3) is 0.125. The van der Waals surface area contributed by atoms with Gasteiger partial charge >= 0.3 is 5.97 Å². The number of carbonyl (C=O) groups excluding carboxylic acids is 1. The van der Waals surface area contributed by atoms with Crippen molar-refractivity contribution in [2.24, 2.45) is 0 Å². The molecule has 0 aliphatic heterocycles. The van der Waals surface area contributed by atoms with Gasteiger partial charge in [0.15, 0.2) is 0 Å². The van der Waals surface area contributed by atoms with Gasteiger partial charge in [-0.3, -0.25) is 4.79 Å². The molecule has 2 N–H and O–H groups in total. The summed E-state index contributed by atoms with van der Waals surface area (Å²) in [6.45, 7) is 1.77. The molecule has 0 bridgehead atoms. The largest absolute Gasteiger partial charge is 0.478 e. The summed E-state index contributed by atoms with van der Waals surface area (Å²) < 4.78 is 0. The highest BCUT2D eigenvalue weighted by atomic mass is 35.5. The van der Waals surface area contributed by atoms with Crippen molar-refractivity contribution in [1.82, 2.24) is 0 Å². The van der Waals surface area contributed by atoms with Crippen LogP contribution in [0.15, 0.2) is 47.4 Å². The Morgan fingerprint density at radius 3 is 2.39 bits per heavy atom. The zero-order valence-corrected chi connectivity index (χ0v) is 14.4. The van der Waals surface area contributed by atoms with Gasteiger partial charge in [0.1, 0.15) is 0 Å². The van der Waals surface area contributed by atoms with Gasteiger partial charge in [0.2, 0.25) is 5.91 Å². The number of thioether (sulfide) groups is 1. The number of carbonyl (C=O) groups is 2. The maximum absolute atomic E-state index is 12.2. The van der Waals surface area contributed by atoms with E-state index in [2.05, 4.69) is 5.32 Å². The highest BCUT2D eigenvalue weighted by Crippen LogP contribution is 2.26. The Morgan fingerprint density at radius 2 is 1.78 bits per heavy atom. The molecule has 2 aromatic rings. The fourth-order valence-electron chi connectivity index (χ4n) is 1.78. The van der Waals surface area contributed by atoms with Crippen molar-refractivity contribution in [1.29, 1.82) is 0 Å².